The van der Waals surface area contributed by atoms with E-state index in [1.165, 1.54) is 5.69 Å². The van der Waals surface area contributed by atoms with Gasteiger partial charge in [-0.05, 0) is 46.0 Å². The highest BCUT2D eigenvalue weighted by Gasteiger charge is 2.30. The number of allylic oxidation sites excluding steroid dienone is 5. The van der Waals surface area contributed by atoms with Crippen LogP contribution in [0, 0.1) is 0 Å². The molecule has 0 aromatic heterocycles. The van der Waals surface area contributed by atoms with E-state index in [2.05, 4.69) is 53.5 Å². The zero-order valence-electron chi connectivity index (χ0n) is 13.9. The molecular formula is C22H19NO. The Morgan fingerprint density at radius 1 is 0.958 bits per heavy atom. The molecule has 0 atom stereocenters. The Bertz CT molecular complexity index is 911. The van der Waals surface area contributed by atoms with Crippen molar-refractivity contribution in [2.45, 2.75) is 6.42 Å². The Labute approximate surface area is 142 Å². The quantitative estimate of drug-likeness (QED) is 0.808. The molecule has 0 radical (unpaired) electrons. The lowest BCUT2D eigenvalue weighted by molar-refractivity contribution is -0.114. The van der Waals surface area contributed by atoms with Crippen molar-refractivity contribution in [1.29, 1.82) is 0 Å². The van der Waals surface area contributed by atoms with Crippen LogP contribution in [0.4, 0.5) is 5.69 Å². The van der Waals surface area contributed by atoms with Gasteiger partial charge in [0.15, 0.2) is 5.78 Å². The largest absolute Gasteiger partial charge is 0.378 e. The number of Topliss-reactive ketones (excluding diaryl/α,β-unsaturated/α-hetero) is 1. The third kappa shape index (κ3) is 2.31. The van der Waals surface area contributed by atoms with Crippen LogP contribution < -0.4 is 4.90 Å². The van der Waals surface area contributed by atoms with Crippen molar-refractivity contribution in [1.82, 2.24) is 0 Å². The number of carbonyl (C=O) groups excluding carboxylic acids is 1. The van der Waals surface area contributed by atoms with Gasteiger partial charge in [0.1, 0.15) is 0 Å². The molecule has 2 aromatic rings. The average molecular weight is 313 g/mol. The van der Waals surface area contributed by atoms with Gasteiger partial charge in [0.2, 0.25) is 0 Å². The molecule has 0 bridgehead atoms. The van der Waals surface area contributed by atoms with Gasteiger partial charge in [0.05, 0.1) is 0 Å². The molecule has 2 aliphatic rings. The van der Waals surface area contributed by atoms with E-state index in [1.807, 2.05) is 32.3 Å². The normalized spacial score (nSPS) is 17.2. The number of hydrogen-bond donors (Lipinski definition) is 0. The predicted molar refractivity (Wildman–Crippen MR) is 101 cm³/mol. The van der Waals surface area contributed by atoms with Crippen LogP contribution in [-0.2, 0) is 4.79 Å². The Kier molecular flexibility index (Phi) is 3.46. The molecule has 2 nitrogen and oxygen atoms in total. The zero-order valence-corrected chi connectivity index (χ0v) is 13.9. The number of nitrogens with zero attached hydrogens (tertiary/aromatic N) is 1. The minimum Gasteiger partial charge on any atom is -0.378 e. The number of rotatable bonds is 2. The van der Waals surface area contributed by atoms with Crippen LogP contribution in [-0.4, -0.2) is 19.9 Å². The van der Waals surface area contributed by atoms with Crippen LogP contribution >= 0.6 is 0 Å². The van der Waals surface area contributed by atoms with Crippen LogP contribution in [0.1, 0.15) is 23.1 Å². The average Bonchev–Trinajstić information content (AvgIpc) is 2.91. The Morgan fingerprint density at radius 2 is 1.67 bits per heavy atom. The summed E-state index contributed by atoms with van der Waals surface area (Å²) in [7, 11) is 4.07. The van der Waals surface area contributed by atoms with Gasteiger partial charge in [-0.25, -0.2) is 0 Å². The molecule has 0 fully saturated rings. The number of carbonyl (C=O) groups is 1. The minimum absolute atomic E-state index is 0.208. The maximum atomic E-state index is 12.5. The van der Waals surface area contributed by atoms with Crippen molar-refractivity contribution in [3.05, 3.63) is 82.9 Å². The molecule has 24 heavy (non-hydrogen) atoms. The summed E-state index contributed by atoms with van der Waals surface area (Å²) in [6.45, 7) is 0. The van der Waals surface area contributed by atoms with Gasteiger partial charge in [-0.1, -0.05) is 48.6 Å². The van der Waals surface area contributed by atoms with Gasteiger partial charge in [-0.2, -0.15) is 0 Å². The first-order valence-electron chi connectivity index (χ1n) is 8.18. The summed E-state index contributed by atoms with van der Waals surface area (Å²) in [5.74, 6) is 0.208. The molecule has 0 spiro atoms. The Balaban J connectivity index is 1.85. The number of benzene rings is 2. The SMILES string of the molecule is CN(C)c1ccc(C=C2C3=C(C=CCC3=O)c3ccccc32)cc1. The highest BCUT2D eigenvalue weighted by atomic mass is 16.1. The lowest BCUT2D eigenvalue weighted by Gasteiger charge is -2.12. The highest BCUT2D eigenvalue weighted by Crippen LogP contribution is 2.45. The molecular weight excluding hydrogens is 294 g/mol. The molecule has 0 N–H and O–H groups in total. The summed E-state index contributed by atoms with van der Waals surface area (Å²) in [6, 6.07) is 16.7. The first-order chi connectivity index (χ1) is 11.6. The molecule has 0 amide bonds. The second kappa shape index (κ2) is 5.64. The van der Waals surface area contributed by atoms with Gasteiger partial charge in [0.25, 0.3) is 0 Å². The predicted octanol–water partition coefficient (Wildman–Crippen LogP) is 4.59. The maximum Gasteiger partial charge on any atom is 0.167 e. The van der Waals surface area contributed by atoms with Crippen molar-refractivity contribution in [3.63, 3.8) is 0 Å². The van der Waals surface area contributed by atoms with E-state index in [9.17, 15) is 4.79 Å². The molecule has 0 saturated carbocycles. The van der Waals surface area contributed by atoms with Crippen molar-refractivity contribution in [2.24, 2.45) is 0 Å². The first kappa shape index (κ1) is 14.7. The van der Waals surface area contributed by atoms with E-state index in [0.29, 0.717) is 6.42 Å². The fourth-order valence-electron chi connectivity index (χ4n) is 3.41. The van der Waals surface area contributed by atoms with E-state index in [0.717, 1.165) is 33.4 Å². The zero-order chi connectivity index (χ0) is 16.7. The van der Waals surface area contributed by atoms with Gasteiger partial charge >= 0.3 is 0 Å². The van der Waals surface area contributed by atoms with Crippen molar-refractivity contribution in [3.8, 4) is 0 Å². The molecule has 118 valence electrons. The number of anilines is 1. The van der Waals surface area contributed by atoms with Crippen molar-refractivity contribution < 1.29 is 4.79 Å². The minimum atomic E-state index is 0.208. The maximum absolute atomic E-state index is 12.5. The summed E-state index contributed by atoms with van der Waals surface area (Å²) in [5, 5.41) is 0. The van der Waals surface area contributed by atoms with Crippen LogP contribution in [0.5, 0.6) is 0 Å². The smallest absolute Gasteiger partial charge is 0.167 e. The Hall–Kier alpha value is -2.87. The fraction of sp³-hybridized carbons (Fsp3) is 0.136. The molecule has 0 saturated heterocycles. The van der Waals surface area contributed by atoms with Crippen LogP contribution in [0.25, 0.3) is 17.2 Å². The standard InChI is InChI=1S/C22H19NO/c1-23(2)16-12-10-15(11-13-16)14-20-18-7-4-3-6-17(18)19-8-5-9-21(24)22(19)20/h3-8,10-14H,9H2,1-2H3. The van der Waals surface area contributed by atoms with E-state index >= 15 is 0 Å². The lowest BCUT2D eigenvalue weighted by atomic mass is 9.93. The molecule has 2 heteroatoms. The van der Waals surface area contributed by atoms with Gasteiger partial charge < -0.3 is 4.90 Å². The van der Waals surface area contributed by atoms with Crippen molar-refractivity contribution in [2.75, 3.05) is 19.0 Å². The van der Waals surface area contributed by atoms with Crippen LogP contribution in [0.2, 0.25) is 0 Å². The second-order valence-corrected chi connectivity index (χ2v) is 6.41. The van der Waals surface area contributed by atoms with E-state index in [-0.39, 0.29) is 5.78 Å². The van der Waals surface area contributed by atoms with Crippen molar-refractivity contribution >= 4 is 28.7 Å². The van der Waals surface area contributed by atoms with E-state index < -0.39 is 0 Å². The van der Waals surface area contributed by atoms with Crippen LogP contribution in [0.15, 0.2) is 66.3 Å². The van der Waals surface area contributed by atoms with Gasteiger partial charge in [-0.3, -0.25) is 4.79 Å². The van der Waals surface area contributed by atoms with E-state index in [4.69, 9.17) is 0 Å². The fourth-order valence-corrected chi connectivity index (χ4v) is 3.41. The number of hydrogen-bond acceptors (Lipinski definition) is 2. The number of ketones is 1. The van der Waals surface area contributed by atoms with E-state index in [1.54, 1.807) is 0 Å². The molecule has 0 aliphatic heterocycles. The molecule has 2 aromatic carbocycles. The second-order valence-electron chi connectivity index (χ2n) is 6.41. The number of fused-ring (bicyclic) bond motifs is 2. The topological polar surface area (TPSA) is 20.3 Å². The Morgan fingerprint density at radius 3 is 2.38 bits per heavy atom. The molecule has 0 heterocycles. The highest BCUT2D eigenvalue weighted by molar-refractivity contribution is 6.25. The summed E-state index contributed by atoms with van der Waals surface area (Å²) >= 11 is 0. The third-order valence-corrected chi connectivity index (χ3v) is 4.63. The van der Waals surface area contributed by atoms with Gasteiger partial charge in [0, 0.05) is 31.8 Å². The summed E-state index contributed by atoms with van der Waals surface area (Å²) < 4.78 is 0. The summed E-state index contributed by atoms with van der Waals surface area (Å²) in [5.41, 5.74) is 7.58. The summed E-state index contributed by atoms with van der Waals surface area (Å²) in [4.78, 5) is 14.6. The summed E-state index contributed by atoms with van der Waals surface area (Å²) in [6.07, 6.45) is 6.68. The third-order valence-electron chi connectivity index (χ3n) is 4.63. The molecule has 0 unspecified atom stereocenters. The van der Waals surface area contributed by atoms with Crippen LogP contribution in [0.3, 0.4) is 0 Å². The first-order valence-corrected chi connectivity index (χ1v) is 8.18. The van der Waals surface area contributed by atoms with Gasteiger partial charge in [-0.15, -0.1) is 0 Å². The monoisotopic (exact) mass is 313 g/mol. The molecule has 2 aliphatic carbocycles. The molecule has 4 rings (SSSR count). The lowest BCUT2D eigenvalue weighted by Crippen LogP contribution is -2.08.